The molecule has 7 nitrogen and oxygen atoms in total. The normalized spacial score (nSPS) is 20.4. The lowest BCUT2D eigenvalue weighted by atomic mass is 10.0. The molecule has 152 valence electrons. The number of carbonyl (C=O) groups excluding carboxylic acids is 3. The molecule has 2 aliphatic heterocycles. The number of benzene rings is 1. The molecule has 28 heavy (non-hydrogen) atoms. The van der Waals surface area contributed by atoms with E-state index in [4.69, 9.17) is 4.74 Å². The molecule has 0 spiro atoms. The number of nitrogens with one attached hydrogen (secondary N) is 1. The first-order chi connectivity index (χ1) is 13.4. The summed E-state index contributed by atoms with van der Waals surface area (Å²) in [6, 6.07) is 3.27. The Labute approximate surface area is 161 Å². The smallest absolute Gasteiger partial charge is 0.409 e. The minimum Gasteiger partial charge on any atom is -0.450 e. The number of hydrogen-bond donors (Lipinski definition) is 1. The molecule has 0 radical (unpaired) electrons. The number of amides is 3. The number of rotatable bonds is 4. The van der Waals surface area contributed by atoms with Crippen molar-refractivity contribution in [3.05, 3.63) is 29.8 Å². The van der Waals surface area contributed by atoms with Gasteiger partial charge in [0.1, 0.15) is 17.3 Å². The van der Waals surface area contributed by atoms with Crippen LogP contribution in [0.3, 0.4) is 0 Å². The average molecular weight is 395 g/mol. The third-order valence-corrected chi connectivity index (χ3v) is 5.07. The van der Waals surface area contributed by atoms with Gasteiger partial charge in [0.25, 0.3) is 0 Å². The van der Waals surface area contributed by atoms with Crippen molar-refractivity contribution in [1.29, 1.82) is 0 Å². The average Bonchev–Trinajstić information content (AvgIpc) is 3.04. The minimum absolute atomic E-state index is 0.0653. The molecule has 0 aromatic heterocycles. The van der Waals surface area contributed by atoms with Crippen LogP contribution >= 0.6 is 0 Å². The number of piperidine rings is 1. The van der Waals surface area contributed by atoms with Crippen LogP contribution < -0.4 is 10.2 Å². The van der Waals surface area contributed by atoms with Crippen LogP contribution in [0.25, 0.3) is 0 Å². The molecule has 1 aromatic rings. The van der Waals surface area contributed by atoms with Gasteiger partial charge in [-0.2, -0.15) is 0 Å². The molecule has 3 rings (SSSR count). The summed E-state index contributed by atoms with van der Waals surface area (Å²) in [6.45, 7) is 2.93. The number of carbonyl (C=O) groups is 3. The van der Waals surface area contributed by atoms with Gasteiger partial charge in [-0.15, -0.1) is 0 Å². The van der Waals surface area contributed by atoms with E-state index in [9.17, 15) is 23.2 Å². The molecule has 3 amide bonds. The van der Waals surface area contributed by atoms with Crippen LogP contribution in [-0.4, -0.2) is 55.1 Å². The highest BCUT2D eigenvalue weighted by Gasteiger charge is 2.38. The summed E-state index contributed by atoms with van der Waals surface area (Å²) in [5, 5.41) is 2.89. The van der Waals surface area contributed by atoms with E-state index in [0.717, 1.165) is 17.0 Å². The van der Waals surface area contributed by atoms with Crippen LogP contribution in [0.4, 0.5) is 19.3 Å². The van der Waals surface area contributed by atoms with Crippen LogP contribution in [0, 0.1) is 17.6 Å². The molecule has 2 saturated heterocycles. The molecular weight excluding hydrogens is 372 g/mol. The van der Waals surface area contributed by atoms with Crippen LogP contribution in [-0.2, 0) is 14.3 Å². The standard InChI is InChI=1S/C19H23F2N3O4/c1-2-28-19(27)23-8-6-13(7-9-23)22-18(26)12-10-16(25)24(11-12)17-14(20)4-3-5-15(17)21/h3-5,12-13H,2,6-11H2,1H3,(H,22,26). The largest absolute Gasteiger partial charge is 0.450 e. The van der Waals surface area contributed by atoms with Gasteiger partial charge in [0.2, 0.25) is 11.8 Å². The van der Waals surface area contributed by atoms with Crippen molar-refractivity contribution in [1.82, 2.24) is 10.2 Å². The number of ether oxygens (including phenoxy) is 1. The fourth-order valence-electron chi connectivity index (χ4n) is 3.59. The Bertz CT molecular complexity index is 745. The van der Waals surface area contributed by atoms with Crippen LogP contribution in [0.1, 0.15) is 26.2 Å². The van der Waals surface area contributed by atoms with E-state index in [0.29, 0.717) is 32.5 Å². The van der Waals surface area contributed by atoms with E-state index in [2.05, 4.69) is 5.32 Å². The number of likely N-dealkylation sites (tertiary alicyclic amines) is 1. The lowest BCUT2D eigenvalue weighted by Crippen LogP contribution is -2.48. The first-order valence-corrected chi connectivity index (χ1v) is 9.37. The SMILES string of the molecule is CCOC(=O)N1CCC(NC(=O)C2CC(=O)N(c3c(F)cccc3F)C2)CC1. The molecular formula is C19H23F2N3O4. The van der Waals surface area contributed by atoms with Gasteiger partial charge >= 0.3 is 6.09 Å². The summed E-state index contributed by atoms with van der Waals surface area (Å²) in [5.41, 5.74) is -0.412. The molecule has 1 atom stereocenters. The van der Waals surface area contributed by atoms with Gasteiger partial charge in [0, 0.05) is 32.1 Å². The predicted octanol–water partition coefficient (Wildman–Crippen LogP) is 2.05. The first kappa shape index (κ1) is 20.0. The van der Waals surface area contributed by atoms with E-state index in [-0.39, 0.29) is 31.0 Å². The van der Waals surface area contributed by atoms with Crippen molar-refractivity contribution in [3.8, 4) is 0 Å². The van der Waals surface area contributed by atoms with Gasteiger partial charge < -0.3 is 19.9 Å². The number of para-hydroxylation sites is 1. The van der Waals surface area contributed by atoms with Crippen LogP contribution in [0.5, 0.6) is 0 Å². The third-order valence-electron chi connectivity index (χ3n) is 5.07. The van der Waals surface area contributed by atoms with Gasteiger partial charge in [-0.05, 0) is 31.9 Å². The van der Waals surface area contributed by atoms with Gasteiger partial charge in [0.15, 0.2) is 0 Å². The molecule has 0 bridgehead atoms. The highest BCUT2D eigenvalue weighted by atomic mass is 19.1. The predicted molar refractivity (Wildman–Crippen MR) is 96.6 cm³/mol. The lowest BCUT2D eigenvalue weighted by molar-refractivity contribution is -0.127. The van der Waals surface area contributed by atoms with Crippen LogP contribution in [0.2, 0.25) is 0 Å². The summed E-state index contributed by atoms with van der Waals surface area (Å²) in [7, 11) is 0. The maximum absolute atomic E-state index is 14.0. The molecule has 2 aliphatic rings. The fraction of sp³-hybridized carbons (Fsp3) is 0.526. The Hall–Kier alpha value is -2.71. The summed E-state index contributed by atoms with van der Waals surface area (Å²) in [5.74, 6) is -3.14. The van der Waals surface area contributed by atoms with E-state index in [1.54, 1.807) is 11.8 Å². The highest BCUT2D eigenvalue weighted by molar-refractivity contribution is 6.00. The second-order valence-corrected chi connectivity index (χ2v) is 6.94. The highest BCUT2D eigenvalue weighted by Crippen LogP contribution is 2.30. The zero-order valence-corrected chi connectivity index (χ0v) is 15.6. The molecule has 2 heterocycles. The lowest BCUT2D eigenvalue weighted by Gasteiger charge is -2.32. The van der Waals surface area contributed by atoms with Crippen molar-refractivity contribution in [2.24, 2.45) is 5.92 Å². The van der Waals surface area contributed by atoms with Gasteiger partial charge in [-0.25, -0.2) is 13.6 Å². The molecule has 1 aromatic carbocycles. The summed E-state index contributed by atoms with van der Waals surface area (Å²) in [4.78, 5) is 39.1. The van der Waals surface area contributed by atoms with Gasteiger partial charge in [-0.3, -0.25) is 9.59 Å². The Morgan fingerprint density at radius 2 is 1.86 bits per heavy atom. The molecule has 0 saturated carbocycles. The van der Waals surface area contributed by atoms with Gasteiger partial charge in [-0.1, -0.05) is 6.07 Å². The topological polar surface area (TPSA) is 79.0 Å². The Kier molecular flexibility index (Phi) is 6.11. The molecule has 1 unspecified atom stereocenters. The number of anilines is 1. The zero-order valence-electron chi connectivity index (χ0n) is 15.6. The van der Waals surface area contributed by atoms with E-state index < -0.39 is 29.1 Å². The first-order valence-electron chi connectivity index (χ1n) is 9.37. The number of hydrogen-bond acceptors (Lipinski definition) is 4. The summed E-state index contributed by atoms with van der Waals surface area (Å²) in [6.07, 6.45) is 0.700. The fourth-order valence-corrected chi connectivity index (χ4v) is 3.59. The minimum atomic E-state index is -0.833. The van der Waals surface area contributed by atoms with E-state index in [1.165, 1.54) is 6.07 Å². The third kappa shape index (κ3) is 4.23. The molecule has 9 heteroatoms. The van der Waals surface area contributed by atoms with Gasteiger partial charge in [0.05, 0.1) is 12.5 Å². The van der Waals surface area contributed by atoms with Crippen molar-refractivity contribution in [2.75, 3.05) is 31.1 Å². The van der Waals surface area contributed by atoms with Crippen molar-refractivity contribution >= 4 is 23.6 Å². The maximum Gasteiger partial charge on any atom is 0.409 e. The maximum atomic E-state index is 14.0. The second-order valence-electron chi connectivity index (χ2n) is 6.94. The summed E-state index contributed by atoms with van der Waals surface area (Å²) >= 11 is 0. The second kappa shape index (κ2) is 8.53. The molecule has 2 fully saturated rings. The van der Waals surface area contributed by atoms with Crippen molar-refractivity contribution in [2.45, 2.75) is 32.2 Å². The van der Waals surface area contributed by atoms with Crippen molar-refractivity contribution in [3.63, 3.8) is 0 Å². The number of halogens is 2. The van der Waals surface area contributed by atoms with E-state index >= 15 is 0 Å². The summed E-state index contributed by atoms with van der Waals surface area (Å²) < 4.78 is 32.9. The Balaban J connectivity index is 1.55. The molecule has 0 aliphatic carbocycles. The quantitative estimate of drug-likeness (QED) is 0.847. The van der Waals surface area contributed by atoms with Crippen molar-refractivity contribution < 1.29 is 27.9 Å². The zero-order chi connectivity index (χ0) is 20.3. The van der Waals surface area contributed by atoms with E-state index in [1.807, 2.05) is 0 Å². The van der Waals surface area contributed by atoms with Crippen LogP contribution in [0.15, 0.2) is 18.2 Å². The number of nitrogens with zero attached hydrogens (tertiary/aromatic N) is 2. The molecule has 1 N–H and O–H groups in total. The monoisotopic (exact) mass is 395 g/mol. The Morgan fingerprint density at radius 1 is 1.21 bits per heavy atom. The Morgan fingerprint density at radius 3 is 2.46 bits per heavy atom.